The van der Waals surface area contributed by atoms with Crippen molar-refractivity contribution in [1.82, 2.24) is 9.80 Å². The van der Waals surface area contributed by atoms with Crippen molar-refractivity contribution in [2.24, 2.45) is 5.73 Å². The van der Waals surface area contributed by atoms with E-state index in [4.69, 9.17) is 5.73 Å². The van der Waals surface area contributed by atoms with Crippen LogP contribution in [0.5, 0.6) is 0 Å². The minimum absolute atomic E-state index is 0. The summed E-state index contributed by atoms with van der Waals surface area (Å²) in [5.74, 6) is 0.225. The number of carbonyl (C=O) groups excluding carboxylic acids is 1. The van der Waals surface area contributed by atoms with E-state index in [0.29, 0.717) is 0 Å². The summed E-state index contributed by atoms with van der Waals surface area (Å²) in [6.45, 7) is 3.99. The molecule has 0 aromatic heterocycles. The fraction of sp³-hybridized carbons (Fsp3) is 0.938. The molecule has 0 aromatic carbocycles. The maximum atomic E-state index is 12.7. The van der Waals surface area contributed by atoms with Gasteiger partial charge in [0.05, 0.1) is 5.54 Å². The first kappa shape index (κ1) is 20.0. The lowest BCUT2D eigenvalue weighted by Gasteiger charge is -2.31. The molecule has 3 fully saturated rings. The molecule has 6 heteroatoms. The number of amides is 1. The Balaban J connectivity index is 0.00000121. The molecule has 1 amide bonds. The van der Waals surface area contributed by atoms with Gasteiger partial charge in [-0.2, -0.15) is 0 Å². The van der Waals surface area contributed by atoms with Gasteiger partial charge in [-0.15, -0.1) is 24.8 Å². The van der Waals surface area contributed by atoms with Crippen LogP contribution in [0.15, 0.2) is 0 Å². The van der Waals surface area contributed by atoms with Gasteiger partial charge >= 0.3 is 0 Å². The highest BCUT2D eigenvalue weighted by Crippen LogP contribution is 2.30. The molecule has 3 rings (SSSR count). The van der Waals surface area contributed by atoms with E-state index < -0.39 is 5.54 Å². The van der Waals surface area contributed by atoms with Crippen molar-refractivity contribution < 1.29 is 4.79 Å². The second kappa shape index (κ2) is 8.72. The monoisotopic (exact) mass is 351 g/mol. The Morgan fingerprint density at radius 2 is 1.50 bits per heavy atom. The Morgan fingerprint density at radius 3 is 2.14 bits per heavy atom. The molecule has 0 spiro atoms. The third-order valence-corrected chi connectivity index (χ3v) is 5.58. The SMILES string of the molecule is Cl.Cl.NC1(C(=O)N2CCCN(C3CCCC3)CC2)CCCC1. The zero-order chi connectivity index (χ0) is 14.0. The van der Waals surface area contributed by atoms with Crippen LogP contribution in [0.2, 0.25) is 0 Å². The Morgan fingerprint density at radius 1 is 0.864 bits per heavy atom. The lowest BCUT2D eigenvalue weighted by molar-refractivity contribution is -0.136. The van der Waals surface area contributed by atoms with Crippen LogP contribution in [0.25, 0.3) is 0 Å². The summed E-state index contributed by atoms with van der Waals surface area (Å²) in [5, 5.41) is 0. The molecule has 0 radical (unpaired) electrons. The standard InChI is InChI=1S/C16H29N3O.2ClH/c17-16(8-3-4-9-16)15(20)19-11-5-10-18(12-13-19)14-6-1-2-7-14;;/h14H,1-13,17H2;2*1H. The van der Waals surface area contributed by atoms with E-state index in [-0.39, 0.29) is 30.7 Å². The Kier molecular flexibility index (Phi) is 7.93. The topological polar surface area (TPSA) is 49.6 Å². The maximum absolute atomic E-state index is 12.7. The lowest BCUT2D eigenvalue weighted by atomic mass is 9.97. The van der Waals surface area contributed by atoms with Gasteiger partial charge in [0.1, 0.15) is 0 Å². The maximum Gasteiger partial charge on any atom is 0.242 e. The average Bonchev–Trinajstić information content (AvgIpc) is 3.07. The summed E-state index contributed by atoms with van der Waals surface area (Å²) in [7, 11) is 0. The highest BCUT2D eigenvalue weighted by molar-refractivity contribution is 5.86. The molecule has 0 unspecified atom stereocenters. The van der Waals surface area contributed by atoms with Gasteiger partial charge in [0.2, 0.25) is 5.91 Å². The first-order valence-corrected chi connectivity index (χ1v) is 8.51. The van der Waals surface area contributed by atoms with Gasteiger partial charge in [-0.05, 0) is 32.1 Å². The van der Waals surface area contributed by atoms with Crippen molar-refractivity contribution in [2.75, 3.05) is 26.2 Å². The van der Waals surface area contributed by atoms with Gasteiger partial charge in [-0.25, -0.2) is 0 Å². The van der Waals surface area contributed by atoms with Crippen molar-refractivity contribution in [2.45, 2.75) is 69.4 Å². The summed E-state index contributed by atoms with van der Waals surface area (Å²) in [4.78, 5) is 17.4. The number of nitrogens with zero attached hydrogens (tertiary/aromatic N) is 2. The van der Waals surface area contributed by atoms with Crippen LogP contribution in [0.1, 0.15) is 57.8 Å². The summed E-state index contributed by atoms with van der Waals surface area (Å²) >= 11 is 0. The molecule has 4 nitrogen and oxygen atoms in total. The molecule has 2 N–H and O–H groups in total. The van der Waals surface area contributed by atoms with Crippen LogP contribution in [-0.4, -0.2) is 53.5 Å². The highest BCUT2D eigenvalue weighted by atomic mass is 35.5. The van der Waals surface area contributed by atoms with Gasteiger partial charge in [0, 0.05) is 32.2 Å². The summed E-state index contributed by atoms with van der Waals surface area (Å²) < 4.78 is 0. The quantitative estimate of drug-likeness (QED) is 0.831. The number of hydrogen-bond acceptors (Lipinski definition) is 3. The molecule has 1 aliphatic heterocycles. The van der Waals surface area contributed by atoms with Crippen LogP contribution < -0.4 is 5.73 Å². The predicted molar refractivity (Wildman–Crippen MR) is 94.9 cm³/mol. The minimum Gasteiger partial charge on any atom is -0.340 e. The minimum atomic E-state index is -0.539. The van der Waals surface area contributed by atoms with E-state index in [1.54, 1.807) is 0 Å². The highest BCUT2D eigenvalue weighted by Gasteiger charge is 2.40. The van der Waals surface area contributed by atoms with Crippen LogP contribution in [0.3, 0.4) is 0 Å². The van der Waals surface area contributed by atoms with E-state index in [1.165, 1.54) is 25.7 Å². The largest absolute Gasteiger partial charge is 0.340 e. The first-order valence-electron chi connectivity index (χ1n) is 8.51. The van der Waals surface area contributed by atoms with Crippen LogP contribution >= 0.6 is 24.8 Å². The number of rotatable bonds is 2. The molecule has 3 aliphatic rings. The number of hydrogen-bond donors (Lipinski definition) is 1. The average molecular weight is 352 g/mol. The van der Waals surface area contributed by atoms with Crippen molar-refractivity contribution in [1.29, 1.82) is 0 Å². The van der Waals surface area contributed by atoms with Gasteiger partial charge in [0.15, 0.2) is 0 Å². The van der Waals surface area contributed by atoms with Crippen molar-refractivity contribution in [3.05, 3.63) is 0 Å². The van der Waals surface area contributed by atoms with Gasteiger partial charge in [-0.3, -0.25) is 9.69 Å². The zero-order valence-electron chi connectivity index (χ0n) is 13.5. The number of carbonyl (C=O) groups is 1. The van der Waals surface area contributed by atoms with E-state index in [1.807, 2.05) is 0 Å². The number of halogens is 2. The van der Waals surface area contributed by atoms with Gasteiger partial charge in [-0.1, -0.05) is 25.7 Å². The van der Waals surface area contributed by atoms with E-state index >= 15 is 0 Å². The van der Waals surface area contributed by atoms with Crippen molar-refractivity contribution in [3.63, 3.8) is 0 Å². The molecule has 130 valence electrons. The Labute approximate surface area is 147 Å². The third kappa shape index (κ3) is 4.28. The van der Waals surface area contributed by atoms with Gasteiger partial charge < -0.3 is 10.6 Å². The second-order valence-corrected chi connectivity index (χ2v) is 6.98. The fourth-order valence-electron chi connectivity index (χ4n) is 4.31. The van der Waals surface area contributed by atoms with Crippen LogP contribution in [0, 0.1) is 0 Å². The molecule has 1 saturated heterocycles. The fourth-order valence-corrected chi connectivity index (χ4v) is 4.31. The smallest absolute Gasteiger partial charge is 0.242 e. The molecule has 1 heterocycles. The molecular weight excluding hydrogens is 321 g/mol. The Hall–Kier alpha value is -0.0300. The molecule has 2 aliphatic carbocycles. The molecular formula is C16H31Cl2N3O. The first-order chi connectivity index (χ1) is 9.69. The van der Waals surface area contributed by atoms with Crippen LogP contribution in [-0.2, 0) is 4.79 Å². The van der Waals surface area contributed by atoms with Crippen molar-refractivity contribution >= 4 is 30.7 Å². The molecule has 0 bridgehead atoms. The molecule has 0 atom stereocenters. The predicted octanol–water partition coefficient (Wildman–Crippen LogP) is 2.58. The summed E-state index contributed by atoms with van der Waals surface area (Å²) in [5.41, 5.74) is 5.80. The second-order valence-electron chi connectivity index (χ2n) is 6.98. The molecule has 0 aromatic rings. The third-order valence-electron chi connectivity index (χ3n) is 5.58. The Bertz CT molecular complexity index is 355. The van der Waals surface area contributed by atoms with E-state index in [0.717, 1.165) is 64.3 Å². The summed E-state index contributed by atoms with van der Waals surface area (Å²) in [6, 6.07) is 0.781. The summed E-state index contributed by atoms with van der Waals surface area (Å²) in [6.07, 6.45) is 10.6. The van der Waals surface area contributed by atoms with E-state index in [9.17, 15) is 4.79 Å². The molecule has 2 saturated carbocycles. The lowest BCUT2D eigenvalue weighted by Crippen LogP contribution is -2.54. The van der Waals surface area contributed by atoms with Gasteiger partial charge in [0.25, 0.3) is 0 Å². The van der Waals surface area contributed by atoms with Crippen LogP contribution in [0.4, 0.5) is 0 Å². The zero-order valence-corrected chi connectivity index (χ0v) is 15.1. The molecule has 22 heavy (non-hydrogen) atoms. The van der Waals surface area contributed by atoms with E-state index in [2.05, 4.69) is 9.80 Å². The number of nitrogens with two attached hydrogens (primary N) is 1. The van der Waals surface area contributed by atoms with Crippen molar-refractivity contribution in [3.8, 4) is 0 Å². The normalized spacial score (nSPS) is 26.1.